The molecule has 0 unspecified atom stereocenters. The van der Waals surface area contributed by atoms with Crippen LogP contribution < -0.4 is 11.6 Å². The fourth-order valence-electron chi connectivity index (χ4n) is 1.68. The molecule has 1 saturated carbocycles. The molecule has 0 aromatic heterocycles. The van der Waals surface area contributed by atoms with Crippen LogP contribution in [0.3, 0.4) is 0 Å². The van der Waals surface area contributed by atoms with Gasteiger partial charge in [-0.1, -0.05) is 25.7 Å². The minimum atomic E-state index is 0.461. The molecular formula is C8H17N3. The number of hydrogen-bond acceptors (Lipinski definition) is 2. The van der Waals surface area contributed by atoms with Gasteiger partial charge in [-0.3, -0.25) is 0 Å². The summed E-state index contributed by atoms with van der Waals surface area (Å²) < 4.78 is 0. The zero-order valence-electron chi connectivity index (χ0n) is 6.92. The average Bonchev–Trinajstić information content (AvgIpc) is 2.30. The van der Waals surface area contributed by atoms with Gasteiger partial charge in [-0.25, -0.2) is 0 Å². The Kier molecular flexibility index (Phi) is 3.20. The van der Waals surface area contributed by atoms with Crippen LogP contribution in [0.15, 0.2) is 5.10 Å². The Labute approximate surface area is 67.8 Å². The molecule has 1 fully saturated rings. The summed E-state index contributed by atoms with van der Waals surface area (Å²) in [6.45, 7) is 0. The van der Waals surface area contributed by atoms with Crippen molar-refractivity contribution in [3.8, 4) is 0 Å². The van der Waals surface area contributed by atoms with Crippen LogP contribution in [0, 0.1) is 5.92 Å². The van der Waals surface area contributed by atoms with Gasteiger partial charge in [-0.2, -0.15) is 5.10 Å². The van der Waals surface area contributed by atoms with Gasteiger partial charge in [0.2, 0.25) is 0 Å². The summed E-state index contributed by atoms with van der Waals surface area (Å²) in [5.74, 6) is 6.22. The standard InChI is InChI=1S/C8H17N3/c9-8(11-10)7-5-3-1-2-4-6-7/h7H,1-6,10H2,(H2,9,11). The monoisotopic (exact) mass is 155 g/mol. The third-order valence-corrected chi connectivity index (χ3v) is 2.42. The van der Waals surface area contributed by atoms with E-state index >= 15 is 0 Å². The Morgan fingerprint density at radius 2 is 1.64 bits per heavy atom. The molecule has 0 heterocycles. The molecule has 0 spiro atoms. The molecule has 3 nitrogen and oxygen atoms in total. The molecule has 1 rings (SSSR count). The van der Waals surface area contributed by atoms with E-state index in [1.807, 2.05) is 0 Å². The highest BCUT2D eigenvalue weighted by molar-refractivity contribution is 5.82. The van der Waals surface area contributed by atoms with Crippen LogP contribution in [-0.2, 0) is 0 Å². The molecule has 3 heteroatoms. The van der Waals surface area contributed by atoms with Crippen molar-refractivity contribution in [2.75, 3.05) is 0 Å². The van der Waals surface area contributed by atoms with Crippen LogP contribution in [0.5, 0.6) is 0 Å². The van der Waals surface area contributed by atoms with Crippen LogP contribution in [0.2, 0.25) is 0 Å². The van der Waals surface area contributed by atoms with Crippen molar-refractivity contribution in [3.05, 3.63) is 0 Å². The SMILES string of the molecule is NN=C(N)C1CCCCCC1. The lowest BCUT2D eigenvalue weighted by molar-refractivity contribution is 0.585. The Morgan fingerprint density at radius 1 is 1.09 bits per heavy atom. The number of rotatable bonds is 1. The van der Waals surface area contributed by atoms with E-state index in [0.717, 1.165) is 0 Å². The van der Waals surface area contributed by atoms with E-state index in [4.69, 9.17) is 11.6 Å². The van der Waals surface area contributed by atoms with Crippen molar-refractivity contribution in [2.45, 2.75) is 38.5 Å². The third-order valence-electron chi connectivity index (χ3n) is 2.42. The zero-order chi connectivity index (χ0) is 8.10. The first-order chi connectivity index (χ1) is 5.34. The molecule has 0 aromatic rings. The van der Waals surface area contributed by atoms with Gasteiger partial charge < -0.3 is 11.6 Å². The highest BCUT2D eigenvalue weighted by atomic mass is 15.2. The van der Waals surface area contributed by atoms with Crippen molar-refractivity contribution in [1.82, 2.24) is 0 Å². The maximum absolute atomic E-state index is 5.64. The smallest absolute Gasteiger partial charge is 0.122 e. The molecule has 0 atom stereocenters. The highest BCUT2D eigenvalue weighted by Gasteiger charge is 2.15. The van der Waals surface area contributed by atoms with Gasteiger partial charge in [0.1, 0.15) is 5.84 Å². The fourth-order valence-corrected chi connectivity index (χ4v) is 1.68. The normalized spacial score (nSPS) is 23.1. The molecule has 0 amide bonds. The number of hydrogen-bond donors (Lipinski definition) is 2. The van der Waals surface area contributed by atoms with Gasteiger partial charge >= 0.3 is 0 Å². The number of nitrogens with two attached hydrogens (primary N) is 2. The topological polar surface area (TPSA) is 64.4 Å². The van der Waals surface area contributed by atoms with Crippen molar-refractivity contribution < 1.29 is 0 Å². The predicted molar refractivity (Wildman–Crippen MR) is 47.0 cm³/mol. The Balaban J connectivity index is 2.42. The lowest BCUT2D eigenvalue weighted by Gasteiger charge is -2.11. The molecule has 0 bridgehead atoms. The van der Waals surface area contributed by atoms with Gasteiger partial charge in [0.25, 0.3) is 0 Å². The number of amidine groups is 1. The van der Waals surface area contributed by atoms with E-state index in [-0.39, 0.29) is 0 Å². The summed E-state index contributed by atoms with van der Waals surface area (Å²) in [5.41, 5.74) is 5.64. The van der Waals surface area contributed by atoms with Crippen LogP contribution in [0.4, 0.5) is 0 Å². The summed E-state index contributed by atoms with van der Waals surface area (Å²) in [5, 5.41) is 3.55. The van der Waals surface area contributed by atoms with E-state index in [9.17, 15) is 0 Å². The highest BCUT2D eigenvalue weighted by Crippen LogP contribution is 2.22. The lowest BCUT2D eigenvalue weighted by atomic mass is 10.00. The zero-order valence-corrected chi connectivity index (χ0v) is 6.92. The largest absolute Gasteiger partial charge is 0.386 e. The quantitative estimate of drug-likeness (QED) is 0.196. The van der Waals surface area contributed by atoms with E-state index in [1.54, 1.807) is 0 Å². The summed E-state index contributed by atoms with van der Waals surface area (Å²) >= 11 is 0. The van der Waals surface area contributed by atoms with Gasteiger partial charge in [-0.05, 0) is 12.8 Å². The van der Waals surface area contributed by atoms with Gasteiger partial charge in [0.05, 0.1) is 0 Å². The molecule has 1 aliphatic carbocycles. The second-order valence-electron chi connectivity index (χ2n) is 3.24. The Bertz CT molecular complexity index is 134. The summed E-state index contributed by atoms with van der Waals surface area (Å²) in [6.07, 6.45) is 7.59. The van der Waals surface area contributed by atoms with Crippen LogP contribution >= 0.6 is 0 Å². The van der Waals surface area contributed by atoms with E-state index in [1.165, 1.54) is 38.5 Å². The maximum Gasteiger partial charge on any atom is 0.122 e. The molecule has 0 radical (unpaired) electrons. The van der Waals surface area contributed by atoms with Crippen LogP contribution in [0.25, 0.3) is 0 Å². The molecular weight excluding hydrogens is 138 g/mol. The lowest BCUT2D eigenvalue weighted by Crippen LogP contribution is -2.24. The van der Waals surface area contributed by atoms with E-state index in [2.05, 4.69) is 5.10 Å². The second-order valence-corrected chi connectivity index (χ2v) is 3.24. The number of nitrogens with zero attached hydrogens (tertiary/aromatic N) is 1. The molecule has 0 aromatic carbocycles. The van der Waals surface area contributed by atoms with Gasteiger partial charge in [0.15, 0.2) is 0 Å². The first kappa shape index (κ1) is 8.37. The summed E-state index contributed by atoms with van der Waals surface area (Å²) in [6, 6.07) is 0. The predicted octanol–water partition coefficient (Wildman–Crippen LogP) is 1.19. The van der Waals surface area contributed by atoms with Crippen molar-refractivity contribution in [3.63, 3.8) is 0 Å². The summed E-state index contributed by atoms with van der Waals surface area (Å²) in [4.78, 5) is 0. The fraction of sp³-hybridized carbons (Fsp3) is 0.875. The molecule has 11 heavy (non-hydrogen) atoms. The van der Waals surface area contributed by atoms with Crippen LogP contribution in [-0.4, -0.2) is 5.84 Å². The van der Waals surface area contributed by atoms with Crippen LogP contribution in [0.1, 0.15) is 38.5 Å². The minimum absolute atomic E-state index is 0.461. The molecule has 1 aliphatic rings. The van der Waals surface area contributed by atoms with Crippen molar-refractivity contribution in [1.29, 1.82) is 0 Å². The minimum Gasteiger partial charge on any atom is -0.386 e. The Morgan fingerprint density at radius 3 is 2.09 bits per heavy atom. The first-order valence-electron chi connectivity index (χ1n) is 4.38. The van der Waals surface area contributed by atoms with Crippen molar-refractivity contribution >= 4 is 5.84 Å². The third kappa shape index (κ3) is 2.41. The first-order valence-corrected chi connectivity index (χ1v) is 4.38. The summed E-state index contributed by atoms with van der Waals surface area (Å²) in [7, 11) is 0. The maximum atomic E-state index is 5.64. The van der Waals surface area contributed by atoms with Gasteiger partial charge in [-0.15, -0.1) is 0 Å². The molecule has 64 valence electrons. The molecule has 4 N–H and O–H groups in total. The van der Waals surface area contributed by atoms with E-state index in [0.29, 0.717) is 11.8 Å². The van der Waals surface area contributed by atoms with Gasteiger partial charge in [0, 0.05) is 5.92 Å². The van der Waals surface area contributed by atoms with E-state index < -0.39 is 0 Å². The second kappa shape index (κ2) is 4.21. The average molecular weight is 155 g/mol. The number of hydrazone groups is 1. The molecule has 0 saturated heterocycles. The molecule has 0 aliphatic heterocycles. The Hall–Kier alpha value is -0.730. The van der Waals surface area contributed by atoms with Crippen molar-refractivity contribution in [2.24, 2.45) is 22.6 Å².